The molecule has 70 valence electrons. The van der Waals surface area contributed by atoms with E-state index in [9.17, 15) is 0 Å². The van der Waals surface area contributed by atoms with Gasteiger partial charge in [-0.1, -0.05) is 30.7 Å². The van der Waals surface area contributed by atoms with E-state index >= 15 is 0 Å². The standard InChI is InChI=1S/C11H20O/c1-5-11(4)8-6-7-9-12-10(2)3/h6-8,10H,5,9H2,1-4H3/b7-6-,11-8-. The average Bonchev–Trinajstić information content (AvgIpc) is 2.03. The van der Waals surface area contributed by atoms with Crippen LogP contribution >= 0.6 is 0 Å². The van der Waals surface area contributed by atoms with E-state index in [2.05, 4.69) is 26.0 Å². The van der Waals surface area contributed by atoms with Gasteiger partial charge in [0.15, 0.2) is 0 Å². The summed E-state index contributed by atoms with van der Waals surface area (Å²) in [4.78, 5) is 0. The van der Waals surface area contributed by atoms with Gasteiger partial charge in [-0.3, -0.25) is 0 Å². The third-order valence-electron chi connectivity index (χ3n) is 1.60. The van der Waals surface area contributed by atoms with Crippen LogP contribution in [0.15, 0.2) is 23.8 Å². The first kappa shape index (κ1) is 11.4. The van der Waals surface area contributed by atoms with Crippen LogP contribution in [-0.4, -0.2) is 12.7 Å². The van der Waals surface area contributed by atoms with Gasteiger partial charge >= 0.3 is 0 Å². The molecule has 0 saturated carbocycles. The zero-order valence-electron chi connectivity index (χ0n) is 8.63. The lowest BCUT2D eigenvalue weighted by Gasteiger charge is -2.02. The molecule has 12 heavy (non-hydrogen) atoms. The van der Waals surface area contributed by atoms with Crippen molar-refractivity contribution in [2.75, 3.05) is 6.61 Å². The molecule has 0 radical (unpaired) electrons. The summed E-state index contributed by atoms with van der Waals surface area (Å²) >= 11 is 0. The van der Waals surface area contributed by atoms with Crippen molar-refractivity contribution >= 4 is 0 Å². The Balaban J connectivity index is 3.50. The van der Waals surface area contributed by atoms with Gasteiger partial charge in [-0.05, 0) is 27.2 Å². The summed E-state index contributed by atoms with van der Waals surface area (Å²) in [5, 5.41) is 0. The fourth-order valence-corrected chi connectivity index (χ4v) is 0.654. The van der Waals surface area contributed by atoms with E-state index in [1.54, 1.807) is 0 Å². The second-order valence-electron chi connectivity index (χ2n) is 3.18. The second kappa shape index (κ2) is 7.11. The Morgan fingerprint density at radius 3 is 2.58 bits per heavy atom. The number of hydrogen-bond acceptors (Lipinski definition) is 1. The Labute approximate surface area is 76.1 Å². The van der Waals surface area contributed by atoms with Crippen molar-refractivity contribution in [3.05, 3.63) is 23.8 Å². The summed E-state index contributed by atoms with van der Waals surface area (Å²) in [6.45, 7) is 9.09. The molecule has 0 fully saturated rings. The summed E-state index contributed by atoms with van der Waals surface area (Å²) in [7, 11) is 0. The average molecular weight is 168 g/mol. The molecule has 0 amide bonds. The minimum absolute atomic E-state index is 0.325. The van der Waals surface area contributed by atoms with E-state index < -0.39 is 0 Å². The van der Waals surface area contributed by atoms with Gasteiger partial charge in [0.25, 0.3) is 0 Å². The van der Waals surface area contributed by atoms with Gasteiger partial charge in [0.1, 0.15) is 0 Å². The highest BCUT2D eigenvalue weighted by Crippen LogP contribution is 1.97. The Hall–Kier alpha value is -0.560. The molecular weight excluding hydrogens is 148 g/mol. The molecule has 0 saturated heterocycles. The van der Waals surface area contributed by atoms with E-state index in [1.165, 1.54) is 5.57 Å². The minimum atomic E-state index is 0.325. The van der Waals surface area contributed by atoms with Gasteiger partial charge in [-0.15, -0.1) is 0 Å². The first-order valence-corrected chi connectivity index (χ1v) is 4.60. The lowest BCUT2D eigenvalue weighted by molar-refractivity contribution is 0.102. The Kier molecular flexibility index (Phi) is 6.78. The predicted octanol–water partition coefficient (Wildman–Crippen LogP) is 3.32. The first-order chi connectivity index (χ1) is 5.66. The Morgan fingerprint density at radius 2 is 2.08 bits per heavy atom. The van der Waals surface area contributed by atoms with Crippen LogP contribution in [0.2, 0.25) is 0 Å². The molecule has 0 atom stereocenters. The maximum Gasteiger partial charge on any atom is 0.0653 e. The van der Waals surface area contributed by atoms with Crippen LogP contribution in [0.5, 0.6) is 0 Å². The van der Waals surface area contributed by atoms with E-state index in [0.717, 1.165) is 6.42 Å². The maximum atomic E-state index is 5.34. The molecule has 0 rings (SSSR count). The van der Waals surface area contributed by atoms with Crippen molar-refractivity contribution in [1.82, 2.24) is 0 Å². The highest BCUT2D eigenvalue weighted by atomic mass is 16.5. The molecule has 1 heteroatoms. The van der Waals surface area contributed by atoms with Crippen LogP contribution in [0.4, 0.5) is 0 Å². The highest BCUT2D eigenvalue weighted by molar-refractivity contribution is 5.09. The molecule has 0 spiro atoms. The van der Waals surface area contributed by atoms with Crippen LogP contribution in [0.25, 0.3) is 0 Å². The number of ether oxygens (including phenoxy) is 1. The molecule has 0 N–H and O–H groups in total. The smallest absolute Gasteiger partial charge is 0.0653 e. The molecule has 0 heterocycles. The summed E-state index contributed by atoms with van der Waals surface area (Å²) in [6, 6.07) is 0. The molecule has 0 bridgehead atoms. The van der Waals surface area contributed by atoms with Crippen molar-refractivity contribution in [3.63, 3.8) is 0 Å². The van der Waals surface area contributed by atoms with E-state index in [0.29, 0.717) is 12.7 Å². The molecule has 1 nitrogen and oxygen atoms in total. The lowest BCUT2D eigenvalue weighted by atomic mass is 10.2. The van der Waals surface area contributed by atoms with Crippen LogP contribution in [0, 0.1) is 0 Å². The largest absolute Gasteiger partial charge is 0.375 e. The monoisotopic (exact) mass is 168 g/mol. The molecule has 0 aliphatic heterocycles. The quantitative estimate of drug-likeness (QED) is 0.572. The van der Waals surface area contributed by atoms with Gasteiger partial charge < -0.3 is 4.74 Å². The SMILES string of the molecule is CC/C(C)=C\C=C/COC(C)C. The molecule has 0 aliphatic carbocycles. The summed E-state index contributed by atoms with van der Waals surface area (Å²) in [5.41, 5.74) is 1.40. The Morgan fingerprint density at radius 1 is 1.42 bits per heavy atom. The fraction of sp³-hybridized carbons (Fsp3) is 0.636. The van der Waals surface area contributed by atoms with E-state index in [-0.39, 0.29) is 0 Å². The molecule has 0 aliphatic rings. The van der Waals surface area contributed by atoms with Crippen molar-refractivity contribution in [1.29, 1.82) is 0 Å². The molecule has 0 unspecified atom stereocenters. The molecule has 0 aromatic rings. The topological polar surface area (TPSA) is 9.23 Å². The van der Waals surface area contributed by atoms with Gasteiger partial charge in [0.05, 0.1) is 12.7 Å². The van der Waals surface area contributed by atoms with Gasteiger partial charge in [0, 0.05) is 0 Å². The number of rotatable bonds is 5. The van der Waals surface area contributed by atoms with Crippen molar-refractivity contribution < 1.29 is 4.74 Å². The molecular formula is C11H20O. The fourth-order valence-electron chi connectivity index (χ4n) is 0.654. The van der Waals surface area contributed by atoms with Gasteiger partial charge in [-0.2, -0.15) is 0 Å². The summed E-state index contributed by atoms with van der Waals surface area (Å²) < 4.78 is 5.34. The normalized spacial score (nSPS) is 13.2. The third kappa shape index (κ3) is 7.55. The predicted molar refractivity (Wildman–Crippen MR) is 54.3 cm³/mol. The van der Waals surface area contributed by atoms with Crippen molar-refractivity contribution in [3.8, 4) is 0 Å². The minimum Gasteiger partial charge on any atom is -0.375 e. The van der Waals surface area contributed by atoms with Crippen molar-refractivity contribution in [2.45, 2.75) is 40.2 Å². The highest BCUT2D eigenvalue weighted by Gasteiger charge is 1.86. The third-order valence-corrected chi connectivity index (χ3v) is 1.60. The zero-order chi connectivity index (χ0) is 9.40. The Bertz CT molecular complexity index is 154. The lowest BCUT2D eigenvalue weighted by Crippen LogP contribution is -2.01. The summed E-state index contributed by atoms with van der Waals surface area (Å²) in [6.07, 6.45) is 7.67. The maximum absolute atomic E-state index is 5.34. The van der Waals surface area contributed by atoms with E-state index in [1.807, 2.05) is 19.9 Å². The molecule has 0 aromatic carbocycles. The van der Waals surface area contributed by atoms with Crippen molar-refractivity contribution in [2.24, 2.45) is 0 Å². The molecule has 0 aromatic heterocycles. The van der Waals surface area contributed by atoms with Crippen LogP contribution in [0.3, 0.4) is 0 Å². The zero-order valence-corrected chi connectivity index (χ0v) is 8.63. The number of allylic oxidation sites excluding steroid dienone is 3. The van der Waals surface area contributed by atoms with Crippen LogP contribution in [0.1, 0.15) is 34.1 Å². The van der Waals surface area contributed by atoms with Gasteiger partial charge in [0.2, 0.25) is 0 Å². The second-order valence-corrected chi connectivity index (χ2v) is 3.18. The van der Waals surface area contributed by atoms with Gasteiger partial charge in [-0.25, -0.2) is 0 Å². The van der Waals surface area contributed by atoms with E-state index in [4.69, 9.17) is 4.74 Å². The summed E-state index contributed by atoms with van der Waals surface area (Å²) in [5.74, 6) is 0. The van der Waals surface area contributed by atoms with Crippen LogP contribution < -0.4 is 0 Å². The first-order valence-electron chi connectivity index (χ1n) is 4.60. The number of hydrogen-bond donors (Lipinski definition) is 0. The van der Waals surface area contributed by atoms with Crippen LogP contribution in [-0.2, 0) is 4.74 Å².